The van der Waals surface area contributed by atoms with Crippen molar-refractivity contribution in [1.82, 2.24) is 35.1 Å². The molecule has 13 nitrogen and oxygen atoms in total. The summed E-state index contributed by atoms with van der Waals surface area (Å²) in [6.07, 6.45) is 8.11. The van der Waals surface area contributed by atoms with Gasteiger partial charge in [-0.3, -0.25) is 9.78 Å². The summed E-state index contributed by atoms with van der Waals surface area (Å²) in [6, 6.07) is 7.49. The highest BCUT2D eigenvalue weighted by Gasteiger charge is 2.19. The van der Waals surface area contributed by atoms with E-state index in [9.17, 15) is 4.79 Å². The highest BCUT2D eigenvalue weighted by atomic mass is 16.6. The van der Waals surface area contributed by atoms with Gasteiger partial charge in [0.1, 0.15) is 43.0 Å². The van der Waals surface area contributed by atoms with Gasteiger partial charge in [-0.05, 0) is 12.1 Å². The molecule has 6 rings (SSSR count). The zero-order valence-corrected chi connectivity index (χ0v) is 23.2. The maximum Gasteiger partial charge on any atom is 0.273 e. The van der Waals surface area contributed by atoms with E-state index in [1.807, 2.05) is 12.1 Å². The lowest BCUT2D eigenvalue weighted by Gasteiger charge is -2.18. The number of rotatable bonds is 13. The van der Waals surface area contributed by atoms with Crippen LogP contribution in [-0.4, -0.2) is 63.8 Å². The Bertz CT molecular complexity index is 1650. The summed E-state index contributed by atoms with van der Waals surface area (Å²) in [5, 5.41) is 6.22. The first-order chi connectivity index (χ1) is 20.7. The number of imidazole rings is 1. The van der Waals surface area contributed by atoms with E-state index < -0.39 is 0 Å². The van der Waals surface area contributed by atoms with Crippen molar-refractivity contribution in [2.45, 2.75) is 32.4 Å². The average molecular weight is 574 g/mol. The molecule has 0 aliphatic carbocycles. The minimum atomic E-state index is -0.341. The van der Waals surface area contributed by atoms with Gasteiger partial charge in [0.15, 0.2) is 29.0 Å². The predicted molar refractivity (Wildman–Crippen MR) is 150 cm³/mol. The van der Waals surface area contributed by atoms with Crippen LogP contribution in [0, 0.1) is 0 Å². The molecule has 0 atom stereocenters. The Labute approximate surface area is 241 Å². The molecule has 0 bridgehead atoms. The summed E-state index contributed by atoms with van der Waals surface area (Å²) < 4.78 is 30.0. The van der Waals surface area contributed by atoms with Crippen molar-refractivity contribution in [2.75, 3.05) is 33.4 Å². The Kier molecular flexibility index (Phi) is 8.26. The fraction of sp³-hybridized carbons (Fsp3) is 0.345. The van der Waals surface area contributed by atoms with Crippen LogP contribution < -0.4 is 24.8 Å². The van der Waals surface area contributed by atoms with E-state index in [-0.39, 0.29) is 18.1 Å². The average Bonchev–Trinajstić information content (AvgIpc) is 3.78. The lowest BCUT2D eigenvalue weighted by atomic mass is 10.2. The van der Waals surface area contributed by atoms with Crippen molar-refractivity contribution < 1.29 is 27.8 Å². The lowest BCUT2D eigenvalue weighted by molar-refractivity contribution is 0.0945. The summed E-state index contributed by atoms with van der Waals surface area (Å²) >= 11 is 0. The van der Waals surface area contributed by atoms with Gasteiger partial charge in [-0.15, -0.1) is 0 Å². The van der Waals surface area contributed by atoms with Gasteiger partial charge in [0.05, 0.1) is 30.9 Å². The van der Waals surface area contributed by atoms with E-state index in [1.165, 1.54) is 6.26 Å². The van der Waals surface area contributed by atoms with Crippen molar-refractivity contribution >= 4 is 16.9 Å². The molecule has 0 saturated carbocycles. The highest BCUT2D eigenvalue weighted by molar-refractivity contribution is 5.91. The molecule has 0 radical (unpaired) electrons. The molecule has 0 fully saturated rings. The Balaban J connectivity index is 1.03. The third-order valence-electron chi connectivity index (χ3n) is 6.83. The number of oxazole rings is 2. The predicted octanol–water partition coefficient (Wildman–Crippen LogP) is 2.73. The van der Waals surface area contributed by atoms with E-state index in [0.29, 0.717) is 81.1 Å². The normalized spacial score (nSPS) is 12.5. The molecule has 42 heavy (non-hydrogen) atoms. The third kappa shape index (κ3) is 6.20. The zero-order chi connectivity index (χ0) is 28.7. The van der Waals surface area contributed by atoms with E-state index in [0.717, 1.165) is 22.6 Å². The van der Waals surface area contributed by atoms with Crippen molar-refractivity contribution in [3.63, 3.8) is 0 Å². The number of ether oxygens (including phenoxy) is 3. The van der Waals surface area contributed by atoms with Crippen LogP contribution in [0.2, 0.25) is 0 Å². The van der Waals surface area contributed by atoms with Crippen molar-refractivity contribution in [3.8, 4) is 17.2 Å². The number of aryl methyl sites for hydroxylation is 2. The zero-order valence-electron chi connectivity index (χ0n) is 23.2. The molecule has 218 valence electrons. The number of aromatic nitrogens is 5. The van der Waals surface area contributed by atoms with Gasteiger partial charge in [-0.2, -0.15) is 0 Å². The molecule has 0 spiro atoms. The van der Waals surface area contributed by atoms with Gasteiger partial charge in [-0.1, -0.05) is 0 Å². The van der Waals surface area contributed by atoms with Gasteiger partial charge in [0.2, 0.25) is 0 Å². The van der Waals surface area contributed by atoms with Crippen molar-refractivity contribution in [1.29, 1.82) is 0 Å². The summed E-state index contributed by atoms with van der Waals surface area (Å²) in [5.74, 6) is 3.80. The Morgan fingerprint density at radius 1 is 1.00 bits per heavy atom. The number of nitrogens with zero attached hydrogens (tertiary/aromatic N) is 5. The van der Waals surface area contributed by atoms with E-state index in [2.05, 4.69) is 30.2 Å². The molecule has 1 amide bonds. The highest BCUT2D eigenvalue weighted by Crippen LogP contribution is 2.35. The van der Waals surface area contributed by atoms with Gasteiger partial charge in [-0.25, -0.2) is 15.0 Å². The van der Waals surface area contributed by atoms with Crippen LogP contribution in [0.25, 0.3) is 11.0 Å². The Morgan fingerprint density at radius 3 is 2.69 bits per heavy atom. The summed E-state index contributed by atoms with van der Waals surface area (Å²) in [6.45, 7) is 3.25. The van der Waals surface area contributed by atoms with Crippen LogP contribution in [0.4, 0.5) is 0 Å². The first-order valence-electron chi connectivity index (χ1n) is 13.8. The van der Waals surface area contributed by atoms with Crippen molar-refractivity contribution in [2.24, 2.45) is 0 Å². The van der Waals surface area contributed by atoms with Crippen LogP contribution in [0.5, 0.6) is 17.2 Å². The minimum Gasteiger partial charge on any atom is -0.495 e. The van der Waals surface area contributed by atoms with Gasteiger partial charge in [0, 0.05) is 57.2 Å². The second-order valence-corrected chi connectivity index (χ2v) is 9.55. The molecular formula is C29H31N7O6. The molecule has 0 saturated heterocycles. The second-order valence-electron chi connectivity index (χ2n) is 9.55. The van der Waals surface area contributed by atoms with Gasteiger partial charge < -0.3 is 38.2 Å². The molecule has 2 N–H and O–H groups in total. The first kappa shape index (κ1) is 27.3. The fourth-order valence-electron chi connectivity index (χ4n) is 4.78. The van der Waals surface area contributed by atoms with E-state index in [1.54, 1.807) is 37.9 Å². The second kappa shape index (κ2) is 12.7. The number of hydrogen-bond donors (Lipinski definition) is 2. The largest absolute Gasteiger partial charge is 0.495 e. The smallest absolute Gasteiger partial charge is 0.273 e. The summed E-state index contributed by atoms with van der Waals surface area (Å²) in [7, 11) is 1.56. The number of carbonyl (C=O) groups is 1. The maximum absolute atomic E-state index is 12.5. The number of amides is 1. The quantitative estimate of drug-likeness (QED) is 0.200. The number of pyridine rings is 1. The van der Waals surface area contributed by atoms with Crippen LogP contribution >= 0.6 is 0 Å². The molecule has 1 aromatic carbocycles. The summed E-state index contributed by atoms with van der Waals surface area (Å²) in [5.41, 5.74) is 2.69. The Hall–Kier alpha value is -4.91. The third-order valence-corrected chi connectivity index (χ3v) is 6.83. The molecule has 5 heterocycles. The van der Waals surface area contributed by atoms with Crippen LogP contribution in [0.3, 0.4) is 0 Å². The topological polar surface area (TPSA) is 152 Å². The van der Waals surface area contributed by atoms with Crippen LogP contribution in [0.15, 0.2) is 58.0 Å². The monoisotopic (exact) mass is 573 g/mol. The summed E-state index contributed by atoms with van der Waals surface area (Å²) in [4.78, 5) is 30.2. The standard InChI is InChI=1S/C29H31N7O6/c1-38-23-3-2-7-31-20(23)17-33-29(37)21-18-42-28(35-21)5-9-30-8-4-26-34-19-15-24-25(40-14-13-39-24)16-22(19)36(26)11-6-27-32-10-12-41-27/h2-3,7,10,12,15-16,18,30H,4-6,8-9,11,13-14,17H2,1H3,(H,33,37). The number of fused-ring (bicyclic) bond motifs is 2. The van der Waals surface area contributed by atoms with Crippen LogP contribution in [-0.2, 0) is 32.4 Å². The fourth-order valence-corrected chi connectivity index (χ4v) is 4.78. The first-order valence-corrected chi connectivity index (χ1v) is 13.8. The SMILES string of the molecule is COc1cccnc1CNC(=O)c1coc(CCNCCc2nc3cc4c(cc3n2CCc2ncco2)OCCO4)n1. The molecule has 1 aliphatic rings. The minimum absolute atomic E-state index is 0.218. The number of hydrogen-bond acceptors (Lipinski definition) is 11. The molecule has 5 aromatic rings. The Morgan fingerprint density at radius 2 is 1.86 bits per heavy atom. The van der Waals surface area contributed by atoms with Gasteiger partial charge >= 0.3 is 0 Å². The molecule has 1 aliphatic heterocycles. The molecule has 0 unspecified atom stereocenters. The molecule has 13 heteroatoms. The lowest BCUT2D eigenvalue weighted by Crippen LogP contribution is -2.24. The number of carbonyl (C=O) groups excluding carboxylic acids is 1. The van der Waals surface area contributed by atoms with Gasteiger partial charge in [0.25, 0.3) is 5.91 Å². The number of methoxy groups -OCH3 is 1. The maximum atomic E-state index is 12.5. The molecular weight excluding hydrogens is 542 g/mol. The van der Waals surface area contributed by atoms with E-state index in [4.69, 9.17) is 28.0 Å². The van der Waals surface area contributed by atoms with E-state index >= 15 is 0 Å². The number of benzene rings is 1. The van der Waals surface area contributed by atoms with Crippen LogP contribution in [0.1, 0.15) is 33.8 Å². The number of nitrogens with one attached hydrogen (secondary N) is 2. The van der Waals surface area contributed by atoms with Crippen molar-refractivity contribution in [3.05, 3.63) is 78.2 Å². The molecule has 4 aromatic heterocycles.